The molecule has 0 heterocycles. The number of carbonyl (C=O) groups excluding carboxylic acids is 1. The number of carbonyl (C=O) groups is 1. The van der Waals surface area contributed by atoms with Gasteiger partial charge in [0.25, 0.3) is 0 Å². The summed E-state index contributed by atoms with van der Waals surface area (Å²) in [7, 11) is 0. The lowest BCUT2D eigenvalue weighted by Crippen LogP contribution is -1.97. The predicted octanol–water partition coefficient (Wildman–Crippen LogP) is 1.77. The maximum atomic E-state index is 11.2. The smallest absolute Gasteiger partial charge is 0.162 e. The molecule has 12 heavy (non-hydrogen) atoms. The monoisotopic (exact) mass is 164 g/mol. The van der Waals surface area contributed by atoms with Gasteiger partial charge in [0, 0.05) is 12.0 Å². The van der Waals surface area contributed by atoms with Gasteiger partial charge in [-0.2, -0.15) is 0 Å². The van der Waals surface area contributed by atoms with E-state index in [4.69, 9.17) is 5.11 Å². The van der Waals surface area contributed by atoms with Crippen LogP contribution in [-0.2, 0) is 6.61 Å². The summed E-state index contributed by atoms with van der Waals surface area (Å²) in [5, 5.41) is 8.81. The van der Waals surface area contributed by atoms with Gasteiger partial charge in [-0.05, 0) is 11.6 Å². The van der Waals surface area contributed by atoms with Crippen LogP contribution in [0.3, 0.4) is 0 Å². The highest BCUT2D eigenvalue weighted by Crippen LogP contribution is 2.07. The molecule has 2 heteroatoms. The normalized spacial score (nSPS) is 9.83. The van der Waals surface area contributed by atoms with Crippen LogP contribution in [0, 0.1) is 0 Å². The van der Waals surface area contributed by atoms with Crippen molar-refractivity contribution in [2.45, 2.75) is 20.0 Å². The van der Waals surface area contributed by atoms with Gasteiger partial charge in [-0.1, -0.05) is 25.1 Å². The zero-order chi connectivity index (χ0) is 8.97. The number of hydrogen-bond acceptors (Lipinski definition) is 2. The fourth-order valence-corrected chi connectivity index (χ4v) is 1.05. The van der Waals surface area contributed by atoms with E-state index in [0.717, 1.165) is 5.56 Å². The molecule has 0 saturated carbocycles. The minimum atomic E-state index is -0.00909. The summed E-state index contributed by atoms with van der Waals surface area (Å²) in [4.78, 5) is 11.2. The summed E-state index contributed by atoms with van der Waals surface area (Å²) < 4.78 is 0. The minimum absolute atomic E-state index is 0.00909. The lowest BCUT2D eigenvalue weighted by molar-refractivity contribution is 0.0988. The van der Waals surface area contributed by atoms with Crippen LogP contribution in [0.1, 0.15) is 29.3 Å². The number of benzene rings is 1. The number of Topliss-reactive ketones (excluding diaryl/α,β-unsaturated/α-hetero) is 1. The fraction of sp³-hybridized carbons (Fsp3) is 0.300. The molecule has 0 atom stereocenters. The van der Waals surface area contributed by atoms with E-state index in [1.165, 1.54) is 0 Å². The molecule has 0 amide bonds. The van der Waals surface area contributed by atoms with Crippen molar-refractivity contribution in [1.29, 1.82) is 0 Å². The van der Waals surface area contributed by atoms with E-state index in [2.05, 4.69) is 0 Å². The Balaban J connectivity index is 2.93. The van der Waals surface area contributed by atoms with E-state index in [0.29, 0.717) is 12.0 Å². The van der Waals surface area contributed by atoms with Crippen molar-refractivity contribution in [3.63, 3.8) is 0 Å². The second kappa shape index (κ2) is 4.02. The Morgan fingerprint density at radius 3 is 2.83 bits per heavy atom. The zero-order valence-electron chi connectivity index (χ0n) is 7.08. The molecule has 0 aliphatic heterocycles. The van der Waals surface area contributed by atoms with E-state index in [9.17, 15) is 4.79 Å². The molecule has 0 unspecified atom stereocenters. The van der Waals surface area contributed by atoms with Gasteiger partial charge in [0.1, 0.15) is 0 Å². The first-order valence-corrected chi connectivity index (χ1v) is 4.01. The van der Waals surface area contributed by atoms with Crippen molar-refractivity contribution in [2.75, 3.05) is 0 Å². The zero-order valence-corrected chi connectivity index (χ0v) is 7.08. The molecule has 64 valence electrons. The number of rotatable bonds is 3. The van der Waals surface area contributed by atoms with Gasteiger partial charge in [0.15, 0.2) is 5.78 Å². The van der Waals surface area contributed by atoms with E-state index >= 15 is 0 Å². The maximum Gasteiger partial charge on any atom is 0.162 e. The highest BCUT2D eigenvalue weighted by Gasteiger charge is 2.02. The molecule has 0 aliphatic carbocycles. The molecule has 0 radical (unpaired) electrons. The summed E-state index contributed by atoms with van der Waals surface area (Å²) in [5.74, 6) is 0.116. The molecule has 1 aromatic carbocycles. The molecular formula is C10H12O2. The first-order chi connectivity index (χ1) is 5.77. The maximum absolute atomic E-state index is 11.2. The predicted molar refractivity (Wildman–Crippen MR) is 47.0 cm³/mol. The van der Waals surface area contributed by atoms with Crippen molar-refractivity contribution in [3.05, 3.63) is 35.4 Å². The van der Waals surface area contributed by atoms with Crippen molar-refractivity contribution >= 4 is 5.78 Å². The number of hydrogen-bond donors (Lipinski definition) is 1. The van der Waals surface area contributed by atoms with Crippen LogP contribution in [0.4, 0.5) is 0 Å². The van der Waals surface area contributed by atoms with Gasteiger partial charge in [0.2, 0.25) is 0 Å². The van der Waals surface area contributed by atoms with Gasteiger partial charge in [0.05, 0.1) is 6.61 Å². The number of aliphatic hydroxyl groups excluding tert-OH is 1. The van der Waals surface area contributed by atoms with Crippen molar-refractivity contribution in [3.8, 4) is 0 Å². The Morgan fingerprint density at radius 2 is 2.25 bits per heavy atom. The highest BCUT2D eigenvalue weighted by molar-refractivity contribution is 5.95. The van der Waals surface area contributed by atoms with Gasteiger partial charge < -0.3 is 5.11 Å². The third kappa shape index (κ3) is 1.92. The third-order valence-corrected chi connectivity index (χ3v) is 1.75. The first-order valence-electron chi connectivity index (χ1n) is 4.01. The van der Waals surface area contributed by atoms with E-state index in [1.807, 2.05) is 6.92 Å². The van der Waals surface area contributed by atoms with Crippen LogP contribution < -0.4 is 0 Å². The minimum Gasteiger partial charge on any atom is -0.392 e. The highest BCUT2D eigenvalue weighted by atomic mass is 16.3. The summed E-state index contributed by atoms with van der Waals surface area (Å²) in [5.41, 5.74) is 1.47. The Bertz CT molecular complexity index is 279. The Labute approximate surface area is 71.8 Å². The van der Waals surface area contributed by atoms with Gasteiger partial charge in [-0.15, -0.1) is 0 Å². The summed E-state index contributed by atoms with van der Waals surface area (Å²) in [6.45, 7) is 1.82. The van der Waals surface area contributed by atoms with Gasteiger partial charge >= 0.3 is 0 Å². The van der Waals surface area contributed by atoms with Crippen molar-refractivity contribution in [1.82, 2.24) is 0 Å². The summed E-state index contributed by atoms with van der Waals surface area (Å²) in [6, 6.07) is 7.08. The topological polar surface area (TPSA) is 37.3 Å². The molecule has 0 aliphatic rings. The molecule has 2 nitrogen and oxygen atoms in total. The molecule has 0 fully saturated rings. The standard InChI is InChI=1S/C10H12O2/c1-2-10(12)9-5-3-4-8(6-9)7-11/h3-6,11H,2,7H2,1H3. The molecule has 0 saturated heterocycles. The van der Waals surface area contributed by atoms with Crippen LogP contribution in [0.25, 0.3) is 0 Å². The van der Waals surface area contributed by atoms with E-state index in [1.54, 1.807) is 24.3 Å². The van der Waals surface area contributed by atoms with Gasteiger partial charge in [-0.3, -0.25) is 4.79 Å². The van der Waals surface area contributed by atoms with Crippen LogP contribution in [0.15, 0.2) is 24.3 Å². The average molecular weight is 164 g/mol. The molecule has 0 bridgehead atoms. The van der Waals surface area contributed by atoms with Crippen LogP contribution in [-0.4, -0.2) is 10.9 Å². The summed E-state index contributed by atoms with van der Waals surface area (Å²) in [6.07, 6.45) is 0.509. The molecule has 1 rings (SSSR count). The van der Waals surface area contributed by atoms with E-state index in [-0.39, 0.29) is 12.4 Å². The molecule has 0 spiro atoms. The van der Waals surface area contributed by atoms with E-state index < -0.39 is 0 Å². The second-order valence-corrected chi connectivity index (χ2v) is 2.64. The SMILES string of the molecule is CCC(=O)c1cccc(CO)c1. The third-order valence-electron chi connectivity index (χ3n) is 1.75. The quantitative estimate of drug-likeness (QED) is 0.691. The molecule has 1 N–H and O–H groups in total. The Kier molecular flexibility index (Phi) is 3.00. The first kappa shape index (κ1) is 8.94. The lowest BCUT2D eigenvalue weighted by Gasteiger charge is -1.99. The number of aliphatic hydroxyl groups is 1. The van der Waals surface area contributed by atoms with Gasteiger partial charge in [-0.25, -0.2) is 0 Å². The lowest BCUT2D eigenvalue weighted by atomic mass is 10.1. The molecular weight excluding hydrogens is 152 g/mol. The Morgan fingerprint density at radius 1 is 1.50 bits per heavy atom. The van der Waals surface area contributed by atoms with Crippen molar-refractivity contribution in [2.24, 2.45) is 0 Å². The fourth-order valence-electron chi connectivity index (χ4n) is 1.05. The summed E-state index contributed by atoms with van der Waals surface area (Å²) >= 11 is 0. The van der Waals surface area contributed by atoms with Crippen LogP contribution >= 0.6 is 0 Å². The second-order valence-electron chi connectivity index (χ2n) is 2.64. The van der Waals surface area contributed by atoms with Crippen molar-refractivity contribution < 1.29 is 9.90 Å². The van der Waals surface area contributed by atoms with Crippen LogP contribution in [0.5, 0.6) is 0 Å². The number of ketones is 1. The Hall–Kier alpha value is -1.15. The average Bonchev–Trinajstić information content (AvgIpc) is 2.17. The molecule has 0 aromatic heterocycles. The molecule has 1 aromatic rings. The van der Waals surface area contributed by atoms with Crippen LogP contribution in [0.2, 0.25) is 0 Å². The largest absolute Gasteiger partial charge is 0.392 e.